The van der Waals surface area contributed by atoms with Crippen LogP contribution in [-0.4, -0.2) is 31.3 Å². The molecule has 0 aliphatic heterocycles. The molecular formula is C12H15ClN2O3. The summed E-state index contributed by atoms with van der Waals surface area (Å²) in [7, 11) is 1.49. The fourth-order valence-electron chi connectivity index (χ4n) is 1.28. The van der Waals surface area contributed by atoms with E-state index in [1.807, 2.05) is 0 Å². The molecule has 0 saturated carbocycles. The zero-order valence-corrected chi connectivity index (χ0v) is 10.8. The maximum absolute atomic E-state index is 11.6. The number of hydrogen-bond acceptors (Lipinski definition) is 3. The Kier molecular flexibility index (Phi) is 6.00. The second-order valence-corrected chi connectivity index (χ2v) is 3.83. The highest BCUT2D eigenvalue weighted by molar-refractivity contribution is 6.39. The number of carbonyl (C=O) groups is 2. The topological polar surface area (TPSA) is 67.4 Å². The van der Waals surface area contributed by atoms with Crippen molar-refractivity contribution in [3.63, 3.8) is 0 Å². The van der Waals surface area contributed by atoms with Crippen LogP contribution in [0, 0.1) is 0 Å². The summed E-state index contributed by atoms with van der Waals surface area (Å²) in [6.45, 7) is 0.377. The molecule has 18 heavy (non-hydrogen) atoms. The van der Waals surface area contributed by atoms with Crippen molar-refractivity contribution in [3.8, 4) is 5.75 Å². The van der Waals surface area contributed by atoms with Gasteiger partial charge in [0, 0.05) is 12.4 Å². The fraction of sp³-hybridized carbons (Fsp3) is 0.333. The molecule has 0 saturated heterocycles. The van der Waals surface area contributed by atoms with Gasteiger partial charge >= 0.3 is 11.8 Å². The van der Waals surface area contributed by atoms with E-state index in [1.165, 1.54) is 7.11 Å². The molecule has 98 valence electrons. The first-order valence-corrected chi connectivity index (χ1v) is 6.00. The van der Waals surface area contributed by atoms with Crippen LogP contribution >= 0.6 is 11.6 Å². The van der Waals surface area contributed by atoms with Crippen molar-refractivity contribution in [3.05, 3.63) is 24.3 Å². The maximum atomic E-state index is 11.6. The van der Waals surface area contributed by atoms with Gasteiger partial charge in [0.05, 0.1) is 12.8 Å². The van der Waals surface area contributed by atoms with E-state index in [0.29, 0.717) is 30.3 Å². The first kappa shape index (κ1) is 14.3. The first-order chi connectivity index (χ1) is 8.69. The van der Waals surface area contributed by atoms with Gasteiger partial charge in [-0.15, -0.1) is 11.6 Å². The lowest BCUT2D eigenvalue weighted by Gasteiger charge is -2.09. The number of hydrogen-bond donors (Lipinski definition) is 2. The molecular weight excluding hydrogens is 256 g/mol. The summed E-state index contributed by atoms with van der Waals surface area (Å²) < 4.78 is 5.06. The SMILES string of the molecule is COc1ccccc1NC(=O)C(=O)NCCCCl. The number of rotatable bonds is 5. The van der Waals surface area contributed by atoms with Crippen molar-refractivity contribution >= 4 is 29.1 Å². The molecule has 0 atom stereocenters. The van der Waals surface area contributed by atoms with E-state index < -0.39 is 11.8 Å². The summed E-state index contributed by atoms with van der Waals surface area (Å²) in [4.78, 5) is 23.0. The molecule has 1 aromatic carbocycles. The number of carbonyl (C=O) groups excluding carboxylic acids is 2. The smallest absolute Gasteiger partial charge is 0.313 e. The van der Waals surface area contributed by atoms with Crippen LogP contribution in [0.4, 0.5) is 5.69 Å². The van der Waals surface area contributed by atoms with Gasteiger partial charge in [0.1, 0.15) is 5.75 Å². The van der Waals surface area contributed by atoms with E-state index in [-0.39, 0.29) is 0 Å². The predicted octanol–water partition coefficient (Wildman–Crippen LogP) is 1.38. The lowest BCUT2D eigenvalue weighted by atomic mass is 10.3. The van der Waals surface area contributed by atoms with Gasteiger partial charge in [-0.1, -0.05) is 12.1 Å². The Morgan fingerprint density at radius 3 is 2.67 bits per heavy atom. The third-order valence-electron chi connectivity index (χ3n) is 2.16. The number of nitrogens with one attached hydrogen (secondary N) is 2. The monoisotopic (exact) mass is 270 g/mol. The molecule has 0 bridgehead atoms. The molecule has 1 rings (SSSR count). The molecule has 0 unspecified atom stereocenters. The van der Waals surface area contributed by atoms with Gasteiger partial charge < -0.3 is 15.4 Å². The van der Waals surface area contributed by atoms with Crippen LogP contribution < -0.4 is 15.4 Å². The third kappa shape index (κ3) is 4.25. The van der Waals surface area contributed by atoms with Gasteiger partial charge in [-0.05, 0) is 18.6 Å². The van der Waals surface area contributed by atoms with Crippen molar-refractivity contribution in [1.29, 1.82) is 0 Å². The summed E-state index contributed by atoms with van der Waals surface area (Å²) in [5.74, 6) is -0.478. The zero-order valence-electron chi connectivity index (χ0n) is 10.0. The molecule has 0 aliphatic rings. The Bertz CT molecular complexity index is 424. The summed E-state index contributed by atoms with van der Waals surface area (Å²) in [5, 5.41) is 4.94. The van der Waals surface area contributed by atoms with E-state index in [9.17, 15) is 9.59 Å². The molecule has 0 radical (unpaired) electrons. The third-order valence-corrected chi connectivity index (χ3v) is 2.42. The maximum Gasteiger partial charge on any atom is 0.313 e. The standard InChI is InChI=1S/C12H15ClN2O3/c1-18-10-6-3-2-5-9(10)15-12(17)11(16)14-8-4-7-13/h2-3,5-6H,4,7-8H2,1H3,(H,14,16)(H,15,17). The lowest BCUT2D eigenvalue weighted by Crippen LogP contribution is -2.36. The summed E-state index contributed by atoms with van der Waals surface area (Å²) in [5.41, 5.74) is 0.456. The van der Waals surface area contributed by atoms with Crippen molar-refractivity contribution in [2.24, 2.45) is 0 Å². The number of anilines is 1. The Morgan fingerprint density at radius 2 is 2.00 bits per heavy atom. The van der Waals surface area contributed by atoms with Gasteiger partial charge in [-0.2, -0.15) is 0 Å². The van der Waals surface area contributed by atoms with Crippen molar-refractivity contribution in [2.75, 3.05) is 24.9 Å². The van der Waals surface area contributed by atoms with Crippen molar-refractivity contribution < 1.29 is 14.3 Å². The predicted molar refractivity (Wildman–Crippen MR) is 70.0 cm³/mol. The molecule has 1 aromatic rings. The summed E-state index contributed by atoms with van der Waals surface area (Å²) in [6.07, 6.45) is 0.620. The average molecular weight is 271 g/mol. The van der Waals surface area contributed by atoms with Crippen LogP contribution in [0.15, 0.2) is 24.3 Å². The minimum Gasteiger partial charge on any atom is -0.495 e. The summed E-state index contributed by atoms with van der Waals surface area (Å²) >= 11 is 5.47. The molecule has 2 N–H and O–H groups in total. The second-order valence-electron chi connectivity index (χ2n) is 3.45. The van der Waals surface area contributed by atoms with Crippen LogP contribution in [0.5, 0.6) is 5.75 Å². The molecule has 0 heterocycles. The quantitative estimate of drug-likeness (QED) is 0.483. The van der Waals surface area contributed by atoms with E-state index in [4.69, 9.17) is 16.3 Å². The second kappa shape index (κ2) is 7.55. The normalized spacial score (nSPS) is 9.67. The average Bonchev–Trinajstić information content (AvgIpc) is 2.39. The number of benzene rings is 1. The highest BCUT2D eigenvalue weighted by Gasteiger charge is 2.14. The molecule has 0 spiro atoms. The van der Waals surface area contributed by atoms with Crippen LogP contribution in [0.2, 0.25) is 0 Å². The highest BCUT2D eigenvalue weighted by Crippen LogP contribution is 2.22. The van der Waals surface area contributed by atoms with Crippen LogP contribution in [0.25, 0.3) is 0 Å². The number of para-hydroxylation sites is 2. The Balaban J connectivity index is 2.55. The number of halogens is 1. The molecule has 5 nitrogen and oxygen atoms in total. The van der Waals surface area contributed by atoms with Gasteiger partial charge in [0.15, 0.2) is 0 Å². The molecule has 0 aromatic heterocycles. The van der Waals surface area contributed by atoms with Gasteiger partial charge in [0.2, 0.25) is 0 Å². The zero-order chi connectivity index (χ0) is 13.4. The first-order valence-electron chi connectivity index (χ1n) is 5.47. The lowest BCUT2D eigenvalue weighted by molar-refractivity contribution is -0.136. The highest BCUT2D eigenvalue weighted by atomic mass is 35.5. The number of methoxy groups -OCH3 is 1. The minimum absolute atomic E-state index is 0.377. The van der Waals surface area contributed by atoms with E-state index in [2.05, 4.69) is 10.6 Å². The van der Waals surface area contributed by atoms with Gasteiger partial charge in [0.25, 0.3) is 0 Å². The van der Waals surface area contributed by atoms with Crippen molar-refractivity contribution in [2.45, 2.75) is 6.42 Å². The Hall–Kier alpha value is -1.75. The molecule has 2 amide bonds. The van der Waals surface area contributed by atoms with Gasteiger partial charge in [-0.3, -0.25) is 9.59 Å². The number of ether oxygens (including phenoxy) is 1. The number of alkyl halides is 1. The summed E-state index contributed by atoms with van der Waals surface area (Å²) in [6, 6.07) is 6.86. The molecule has 0 aliphatic carbocycles. The minimum atomic E-state index is -0.728. The van der Waals surface area contributed by atoms with Crippen LogP contribution in [0.3, 0.4) is 0 Å². The van der Waals surface area contributed by atoms with Crippen LogP contribution in [0.1, 0.15) is 6.42 Å². The largest absolute Gasteiger partial charge is 0.495 e. The van der Waals surface area contributed by atoms with Gasteiger partial charge in [-0.25, -0.2) is 0 Å². The van der Waals surface area contributed by atoms with E-state index in [1.54, 1.807) is 24.3 Å². The van der Waals surface area contributed by atoms with E-state index >= 15 is 0 Å². The fourth-order valence-corrected chi connectivity index (χ4v) is 1.41. The molecule has 0 fully saturated rings. The number of amides is 2. The van der Waals surface area contributed by atoms with Crippen molar-refractivity contribution in [1.82, 2.24) is 5.32 Å². The van der Waals surface area contributed by atoms with Crippen LogP contribution in [-0.2, 0) is 9.59 Å². The van der Waals surface area contributed by atoms with E-state index in [0.717, 1.165) is 0 Å². The Morgan fingerprint density at radius 1 is 1.28 bits per heavy atom. The molecule has 6 heteroatoms. The Labute approximate surface area is 110 Å².